The molecule has 0 heterocycles. The summed E-state index contributed by atoms with van der Waals surface area (Å²) in [4.78, 5) is 0.671. The number of hydrogen-bond donors (Lipinski definition) is 1. The first-order valence-corrected chi connectivity index (χ1v) is 5.96. The van der Waals surface area contributed by atoms with E-state index in [0.717, 1.165) is 17.0 Å². The topological polar surface area (TPSA) is 26.0 Å². The summed E-state index contributed by atoms with van der Waals surface area (Å²) in [5.74, 6) is 0.558. The van der Waals surface area contributed by atoms with Gasteiger partial charge in [0.15, 0.2) is 0 Å². The van der Waals surface area contributed by atoms with Crippen molar-refractivity contribution in [2.24, 2.45) is 0 Å². The van der Waals surface area contributed by atoms with Crippen molar-refractivity contribution in [3.8, 4) is 0 Å². The van der Waals surface area contributed by atoms with Gasteiger partial charge in [-0.05, 0) is 29.8 Å². The highest BCUT2D eigenvalue weighted by atomic mass is 32.2. The van der Waals surface area contributed by atoms with E-state index >= 15 is 0 Å². The Bertz CT molecular complexity index is 485. The number of halogens is 1. The van der Waals surface area contributed by atoms with Crippen LogP contribution in [0.15, 0.2) is 53.4 Å². The van der Waals surface area contributed by atoms with E-state index < -0.39 is 0 Å². The standard InChI is InChI=1S/C13H12FNS/c14-12-6-1-2-7-13(12)16-9-10-4-3-5-11(15)8-10/h1-8H,9,15H2. The highest BCUT2D eigenvalue weighted by molar-refractivity contribution is 7.98. The van der Waals surface area contributed by atoms with Crippen LogP contribution in [-0.4, -0.2) is 0 Å². The predicted octanol–water partition coefficient (Wildman–Crippen LogP) is 3.70. The molecule has 0 atom stereocenters. The van der Waals surface area contributed by atoms with Gasteiger partial charge in [-0.25, -0.2) is 4.39 Å². The predicted molar refractivity (Wildman–Crippen MR) is 66.8 cm³/mol. The van der Waals surface area contributed by atoms with Crippen LogP contribution in [0.4, 0.5) is 10.1 Å². The molecule has 0 aromatic heterocycles. The Morgan fingerprint density at radius 2 is 1.88 bits per heavy atom. The number of nitrogens with two attached hydrogens (primary N) is 1. The minimum atomic E-state index is -0.170. The van der Waals surface area contributed by atoms with Crippen molar-refractivity contribution in [3.63, 3.8) is 0 Å². The highest BCUT2D eigenvalue weighted by Gasteiger charge is 2.01. The van der Waals surface area contributed by atoms with E-state index in [0.29, 0.717) is 4.90 Å². The number of hydrogen-bond acceptors (Lipinski definition) is 2. The summed E-state index contributed by atoms with van der Waals surface area (Å²) in [5, 5.41) is 0. The SMILES string of the molecule is Nc1cccc(CSc2ccccc2F)c1. The van der Waals surface area contributed by atoms with Crippen molar-refractivity contribution in [1.29, 1.82) is 0 Å². The van der Waals surface area contributed by atoms with Gasteiger partial charge in [-0.15, -0.1) is 11.8 Å². The summed E-state index contributed by atoms with van der Waals surface area (Å²) in [7, 11) is 0. The number of benzene rings is 2. The second-order valence-corrected chi connectivity index (χ2v) is 4.48. The molecule has 82 valence electrons. The van der Waals surface area contributed by atoms with Crippen LogP contribution in [0.1, 0.15) is 5.56 Å². The molecule has 0 radical (unpaired) electrons. The van der Waals surface area contributed by atoms with Crippen molar-refractivity contribution in [2.45, 2.75) is 10.6 Å². The van der Waals surface area contributed by atoms with E-state index in [1.165, 1.54) is 17.8 Å². The summed E-state index contributed by atoms with van der Waals surface area (Å²) >= 11 is 1.48. The molecule has 0 amide bonds. The van der Waals surface area contributed by atoms with Crippen LogP contribution in [-0.2, 0) is 5.75 Å². The molecule has 2 aromatic rings. The molecule has 2 aromatic carbocycles. The van der Waals surface area contributed by atoms with Gasteiger partial charge in [-0.2, -0.15) is 0 Å². The maximum atomic E-state index is 13.3. The molecular formula is C13H12FNS. The molecule has 0 saturated heterocycles. The molecule has 0 aliphatic carbocycles. The van der Waals surface area contributed by atoms with Gasteiger partial charge in [-0.1, -0.05) is 24.3 Å². The molecular weight excluding hydrogens is 221 g/mol. The minimum absolute atomic E-state index is 0.170. The van der Waals surface area contributed by atoms with Gasteiger partial charge in [0.2, 0.25) is 0 Å². The second kappa shape index (κ2) is 5.03. The molecule has 0 aliphatic rings. The molecule has 2 rings (SSSR count). The summed E-state index contributed by atoms with van der Waals surface area (Å²) in [5.41, 5.74) is 7.52. The molecule has 3 heteroatoms. The van der Waals surface area contributed by atoms with Gasteiger partial charge >= 0.3 is 0 Å². The number of thioether (sulfide) groups is 1. The zero-order chi connectivity index (χ0) is 11.4. The van der Waals surface area contributed by atoms with Crippen molar-refractivity contribution < 1.29 is 4.39 Å². The van der Waals surface area contributed by atoms with E-state index in [2.05, 4.69) is 0 Å². The Kier molecular flexibility index (Phi) is 3.47. The first-order chi connectivity index (χ1) is 7.75. The first kappa shape index (κ1) is 11.0. The van der Waals surface area contributed by atoms with Gasteiger partial charge in [0.1, 0.15) is 5.82 Å². The Balaban J connectivity index is 2.05. The van der Waals surface area contributed by atoms with Gasteiger partial charge in [-0.3, -0.25) is 0 Å². The van der Waals surface area contributed by atoms with Crippen LogP contribution in [0.5, 0.6) is 0 Å². The van der Waals surface area contributed by atoms with Gasteiger partial charge < -0.3 is 5.73 Å². The Morgan fingerprint density at radius 3 is 2.62 bits per heavy atom. The van der Waals surface area contributed by atoms with Gasteiger partial charge in [0.05, 0.1) is 0 Å². The fourth-order valence-corrected chi connectivity index (χ4v) is 2.29. The highest BCUT2D eigenvalue weighted by Crippen LogP contribution is 2.25. The maximum absolute atomic E-state index is 13.3. The molecule has 0 spiro atoms. The van der Waals surface area contributed by atoms with E-state index in [1.54, 1.807) is 12.1 Å². The fourth-order valence-electron chi connectivity index (χ4n) is 1.41. The van der Waals surface area contributed by atoms with Crippen LogP contribution in [0, 0.1) is 5.82 Å². The van der Waals surface area contributed by atoms with Gasteiger partial charge in [0, 0.05) is 16.3 Å². The lowest BCUT2D eigenvalue weighted by molar-refractivity contribution is 0.602. The van der Waals surface area contributed by atoms with Crippen molar-refractivity contribution in [1.82, 2.24) is 0 Å². The molecule has 2 N–H and O–H groups in total. The summed E-state index contributed by atoms with van der Waals surface area (Å²) in [6.07, 6.45) is 0. The van der Waals surface area contributed by atoms with Crippen LogP contribution >= 0.6 is 11.8 Å². The van der Waals surface area contributed by atoms with Crippen LogP contribution < -0.4 is 5.73 Å². The lowest BCUT2D eigenvalue weighted by Gasteiger charge is -2.03. The third kappa shape index (κ3) is 2.76. The Hall–Kier alpha value is -1.48. The quantitative estimate of drug-likeness (QED) is 0.646. The van der Waals surface area contributed by atoms with Gasteiger partial charge in [0.25, 0.3) is 0 Å². The zero-order valence-electron chi connectivity index (χ0n) is 8.69. The summed E-state index contributed by atoms with van der Waals surface area (Å²) in [6, 6.07) is 14.4. The van der Waals surface area contributed by atoms with E-state index in [9.17, 15) is 4.39 Å². The molecule has 16 heavy (non-hydrogen) atoms. The average molecular weight is 233 g/mol. The molecule has 0 saturated carbocycles. The van der Waals surface area contributed by atoms with Crippen molar-refractivity contribution in [3.05, 3.63) is 59.9 Å². The molecule has 0 bridgehead atoms. The van der Waals surface area contributed by atoms with E-state index in [1.807, 2.05) is 30.3 Å². The molecule has 0 aliphatic heterocycles. The average Bonchev–Trinajstić information content (AvgIpc) is 2.28. The largest absolute Gasteiger partial charge is 0.399 e. The lowest BCUT2D eigenvalue weighted by atomic mass is 10.2. The van der Waals surface area contributed by atoms with E-state index in [-0.39, 0.29) is 5.82 Å². The normalized spacial score (nSPS) is 10.3. The Morgan fingerprint density at radius 1 is 1.06 bits per heavy atom. The number of rotatable bonds is 3. The monoisotopic (exact) mass is 233 g/mol. The molecule has 1 nitrogen and oxygen atoms in total. The summed E-state index contributed by atoms with van der Waals surface area (Å²) in [6.45, 7) is 0. The lowest BCUT2D eigenvalue weighted by Crippen LogP contribution is -1.87. The number of nitrogen functional groups attached to an aromatic ring is 1. The minimum Gasteiger partial charge on any atom is -0.399 e. The zero-order valence-corrected chi connectivity index (χ0v) is 9.51. The smallest absolute Gasteiger partial charge is 0.136 e. The van der Waals surface area contributed by atoms with E-state index in [4.69, 9.17) is 5.73 Å². The van der Waals surface area contributed by atoms with Crippen LogP contribution in [0.25, 0.3) is 0 Å². The fraction of sp³-hybridized carbons (Fsp3) is 0.0769. The van der Waals surface area contributed by atoms with Crippen LogP contribution in [0.3, 0.4) is 0 Å². The van der Waals surface area contributed by atoms with Crippen molar-refractivity contribution in [2.75, 3.05) is 5.73 Å². The number of anilines is 1. The second-order valence-electron chi connectivity index (χ2n) is 3.46. The third-order valence-corrected chi connectivity index (χ3v) is 3.30. The molecule has 0 unspecified atom stereocenters. The van der Waals surface area contributed by atoms with Crippen LogP contribution in [0.2, 0.25) is 0 Å². The third-order valence-electron chi connectivity index (χ3n) is 2.18. The first-order valence-electron chi connectivity index (χ1n) is 4.97. The maximum Gasteiger partial charge on any atom is 0.136 e. The summed E-state index contributed by atoms with van der Waals surface area (Å²) < 4.78 is 13.3. The van der Waals surface area contributed by atoms with Crippen molar-refractivity contribution >= 4 is 17.4 Å². The molecule has 0 fully saturated rings. The Labute approximate surface area is 98.5 Å².